The number of carbonyl (C=O) groups is 3. The number of aromatic nitrogens is 3. The van der Waals surface area contributed by atoms with Crippen LogP contribution in [0.1, 0.15) is 0 Å². The maximum absolute atomic E-state index is 12.8. The molecule has 2 unspecified atom stereocenters. The van der Waals surface area contributed by atoms with E-state index in [0.29, 0.717) is 26.4 Å². The zero-order valence-corrected chi connectivity index (χ0v) is 20.5. The topological polar surface area (TPSA) is 144 Å². The number of hydrogen-bond donors (Lipinski definition) is 2. The second-order valence-corrected chi connectivity index (χ2v) is 11.6. The fourth-order valence-corrected chi connectivity index (χ4v) is 7.63. The second kappa shape index (κ2) is 10.4. The molecule has 4 rings (SSSR count). The van der Waals surface area contributed by atoms with Crippen molar-refractivity contribution in [1.82, 2.24) is 25.0 Å². The Morgan fingerprint density at radius 1 is 1.45 bits per heavy atom. The lowest BCUT2D eigenvalue weighted by Gasteiger charge is -2.49. The van der Waals surface area contributed by atoms with Gasteiger partial charge in [-0.1, -0.05) is 17.8 Å². The van der Waals surface area contributed by atoms with E-state index in [1.54, 1.807) is 29.2 Å². The van der Waals surface area contributed by atoms with Crippen molar-refractivity contribution in [2.45, 2.75) is 27.5 Å². The van der Waals surface area contributed by atoms with Gasteiger partial charge in [0.2, 0.25) is 5.91 Å². The highest BCUT2D eigenvalue weighted by atomic mass is 32.2. The van der Waals surface area contributed by atoms with E-state index >= 15 is 0 Å². The number of hydrogen-bond acceptors (Lipinski definition) is 10. The normalized spacial score (nSPS) is 20.9. The molecule has 1 fully saturated rings. The Morgan fingerprint density at radius 2 is 2.27 bits per heavy atom. The van der Waals surface area contributed by atoms with Crippen molar-refractivity contribution >= 4 is 63.4 Å². The van der Waals surface area contributed by atoms with Crippen LogP contribution in [0.3, 0.4) is 0 Å². The van der Waals surface area contributed by atoms with Crippen molar-refractivity contribution in [3.8, 4) is 0 Å². The smallest absolute Gasteiger partial charge is 0.352 e. The average molecular weight is 530 g/mol. The van der Waals surface area contributed by atoms with Gasteiger partial charge in [-0.05, 0) is 17.0 Å². The number of nitrogens with one attached hydrogen (secondary N) is 1. The van der Waals surface area contributed by atoms with E-state index in [-0.39, 0.29) is 18.2 Å². The highest BCUT2D eigenvalue weighted by Crippen LogP contribution is 2.41. The van der Waals surface area contributed by atoms with E-state index in [0.717, 1.165) is 0 Å². The van der Waals surface area contributed by atoms with Crippen molar-refractivity contribution in [2.24, 2.45) is 0 Å². The van der Waals surface area contributed by atoms with Crippen molar-refractivity contribution in [3.63, 3.8) is 0 Å². The number of thioether (sulfide) groups is 2. The number of rotatable bonds is 10. The van der Waals surface area contributed by atoms with Crippen LogP contribution in [-0.4, -0.2) is 82.5 Å². The van der Waals surface area contributed by atoms with E-state index in [1.165, 1.54) is 46.1 Å². The predicted molar refractivity (Wildman–Crippen MR) is 123 cm³/mol. The zero-order chi connectivity index (χ0) is 23.5. The second-order valence-electron chi connectivity index (χ2n) is 6.92. The van der Waals surface area contributed by atoms with Gasteiger partial charge in [0.15, 0.2) is 5.16 Å². The Kier molecular flexibility index (Phi) is 7.53. The average Bonchev–Trinajstić information content (AvgIpc) is 3.48. The third-order valence-corrected chi connectivity index (χ3v) is 9.80. The SMILES string of the molecule is COCn1cnnc1SCC1=C(C(=O)O)N2C(=O)C(NC(=O)CS(=O)c3cccs3)[C@@H]2SC1. The number of methoxy groups -OCH3 is 1. The fraction of sp³-hybridized carbons (Fsp3) is 0.389. The summed E-state index contributed by atoms with van der Waals surface area (Å²) >= 11 is 3.97. The third-order valence-electron chi connectivity index (χ3n) is 4.77. The quantitative estimate of drug-likeness (QED) is 0.331. The molecule has 0 radical (unpaired) electrons. The molecule has 0 bridgehead atoms. The molecule has 1 saturated heterocycles. The summed E-state index contributed by atoms with van der Waals surface area (Å²) in [5.41, 5.74) is 0.513. The molecule has 176 valence electrons. The van der Waals surface area contributed by atoms with Crippen LogP contribution >= 0.6 is 34.9 Å². The Bertz CT molecular complexity index is 1120. The lowest BCUT2D eigenvalue weighted by molar-refractivity contribution is -0.150. The molecule has 2 amide bonds. The van der Waals surface area contributed by atoms with Crippen molar-refractivity contribution in [3.05, 3.63) is 35.1 Å². The maximum atomic E-state index is 12.8. The molecule has 0 aliphatic carbocycles. The van der Waals surface area contributed by atoms with Gasteiger partial charge in [-0.25, -0.2) is 4.79 Å². The van der Waals surface area contributed by atoms with Gasteiger partial charge in [-0.15, -0.1) is 33.3 Å². The lowest BCUT2D eigenvalue weighted by atomic mass is 10.0. The Labute approximate surface area is 203 Å². The van der Waals surface area contributed by atoms with Crippen LogP contribution in [0.25, 0.3) is 0 Å². The summed E-state index contributed by atoms with van der Waals surface area (Å²) in [5, 5.41) is 22.1. The summed E-state index contributed by atoms with van der Waals surface area (Å²) in [5.74, 6) is -1.77. The fourth-order valence-electron chi connectivity index (χ4n) is 3.33. The van der Waals surface area contributed by atoms with Crippen LogP contribution in [0.15, 0.2) is 44.5 Å². The van der Waals surface area contributed by atoms with E-state index in [9.17, 15) is 23.7 Å². The number of β-lactam (4-membered cyclic amide) rings is 1. The number of carbonyl (C=O) groups excluding carboxylic acids is 2. The van der Waals surface area contributed by atoms with Gasteiger partial charge < -0.3 is 15.2 Å². The Balaban J connectivity index is 1.41. The minimum absolute atomic E-state index is 0.0679. The summed E-state index contributed by atoms with van der Waals surface area (Å²) in [7, 11) is 0.0513. The number of fused-ring (bicyclic) bond motifs is 1. The van der Waals surface area contributed by atoms with Crippen LogP contribution in [0, 0.1) is 0 Å². The van der Waals surface area contributed by atoms with Gasteiger partial charge in [-0.2, -0.15) is 0 Å². The molecule has 2 aromatic heterocycles. The number of carboxylic acid groups (broad SMARTS) is 1. The third kappa shape index (κ3) is 5.01. The predicted octanol–water partition coefficient (Wildman–Crippen LogP) is 0.582. The van der Waals surface area contributed by atoms with Crippen LogP contribution in [0.4, 0.5) is 0 Å². The summed E-state index contributed by atoms with van der Waals surface area (Å²) in [6.45, 7) is 0.264. The summed E-state index contributed by atoms with van der Waals surface area (Å²) in [4.78, 5) is 38.3. The number of thiophene rings is 1. The van der Waals surface area contributed by atoms with E-state index < -0.39 is 40.0 Å². The standard InChI is InChI=1S/C18H19N5O6S4/c1-29-9-22-8-19-21-18(22)32-6-10-5-31-16-13(15(25)23(16)14(10)17(26)27)20-11(24)7-33(28)12-3-2-4-30-12/h2-4,8,13,16H,5-7,9H2,1H3,(H,20,24)(H,26,27)/t13?,16-,33?/m0/s1. The zero-order valence-electron chi connectivity index (χ0n) is 17.2. The van der Waals surface area contributed by atoms with Crippen molar-refractivity contribution in [2.75, 3.05) is 24.4 Å². The lowest BCUT2D eigenvalue weighted by Crippen LogP contribution is -2.70. The molecular weight excluding hydrogens is 510 g/mol. The molecule has 3 atom stereocenters. The maximum Gasteiger partial charge on any atom is 0.352 e. The van der Waals surface area contributed by atoms with Gasteiger partial charge in [0.05, 0.1) is 15.0 Å². The first kappa shape index (κ1) is 23.9. The highest BCUT2D eigenvalue weighted by molar-refractivity contribution is 8.01. The molecule has 4 heterocycles. The highest BCUT2D eigenvalue weighted by Gasteiger charge is 2.54. The number of ether oxygens (including phenoxy) is 1. The summed E-state index contributed by atoms with van der Waals surface area (Å²) in [6.07, 6.45) is 1.52. The van der Waals surface area contributed by atoms with Gasteiger partial charge in [0.1, 0.15) is 35.9 Å². The first-order valence-corrected chi connectivity index (χ1v) is 13.7. The first-order chi connectivity index (χ1) is 15.9. The minimum atomic E-state index is -1.49. The van der Waals surface area contributed by atoms with E-state index in [1.807, 2.05) is 0 Å². The van der Waals surface area contributed by atoms with Gasteiger partial charge in [0.25, 0.3) is 5.91 Å². The number of amides is 2. The molecule has 0 spiro atoms. The molecular formula is C18H19N5O6S4. The molecule has 2 aliphatic rings. The minimum Gasteiger partial charge on any atom is -0.477 e. The van der Waals surface area contributed by atoms with Crippen LogP contribution < -0.4 is 5.32 Å². The van der Waals surface area contributed by atoms with Crippen LogP contribution in [0.2, 0.25) is 0 Å². The molecule has 0 aromatic carbocycles. The first-order valence-electron chi connectivity index (χ1n) is 9.51. The largest absolute Gasteiger partial charge is 0.477 e. The number of nitrogens with zero attached hydrogens (tertiary/aromatic N) is 4. The Hall–Kier alpha value is -2.20. The molecule has 15 heteroatoms. The summed E-state index contributed by atoms with van der Waals surface area (Å²) in [6, 6.07) is 2.58. The van der Waals surface area contributed by atoms with E-state index in [2.05, 4.69) is 15.5 Å². The molecule has 2 N–H and O–H groups in total. The van der Waals surface area contributed by atoms with Gasteiger partial charge in [-0.3, -0.25) is 23.3 Å². The molecule has 2 aromatic rings. The molecule has 0 saturated carbocycles. The van der Waals surface area contributed by atoms with Crippen LogP contribution in [0.5, 0.6) is 0 Å². The van der Waals surface area contributed by atoms with Crippen molar-refractivity contribution < 1.29 is 28.4 Å². The van der Waals surface area contributed by atoms with E-state index in [4.69, 9.17) is 4.74 Å². The van der Waals surface area contributed by atoms with Gasteiger partial charge >= 0.3 is 5.97 Å². The number of carboxylic acids is 1. The molecule has 11 nitrogen and oxygen atoms in total. The Morgan fingerprint density at radius 3 is 2.97 bits per heavy atom. The van der Waals surface area contributed by atoms with Gasteiger partial charge in [0, 0.05) is 18.6 Å². The van der Waals surface area contributed by atoms with Crippen molar-refractivity contribution in [1.29, 1.82) is 0 Å². The molecule has 2 aliphatic heterocycles. The number of aliphatic carboxylic acids is 1. The monoisotopic (exact) mass is 529 g/mol. The molecule has 33 heavy (non-hydrogen) atoms. The van der Waals surface area contributed by atoms with Crippen LogP contribution in [-0.2, 0) is 36.7 Å². The summed E-state index contributed by atoms with van der Waals surface area (Å²) < 4.78 is 19.6.